The third-order valence-corrected chi connectivity index (χ3v) is 7.48. The molecule has 2 unspecified atom stereocenters. The Kier molecular flexibility index (Phi) is 5.04. The van der Waals surface area contributed by atoms with Crippen LogP contribution in [0.4, 0.5) is 0 Å². The molecular weight excluding hydrogens is 430 g/mol. The number of hydrogen-bond acceptors (Lipinski definition) is 5. The van der Waals surface area contributed by atoms with E-state index in [1.807, 2.05) is 65.6 Å². The van der Waals surface area contributed by atoms with Gasteiger partial charge in [0.25, 0.3) is 11.7 Å². The molecule has 6 heteroatoms. The van der Waals surface area contributed by atoms with Gasteiger partial charge >= 0.3 is 0 Å². The van der Waals surface area contributed by atoms with Gasteiger partial charge in [-0.3, -0.25) is 4.79 Å². The highest BCUT2D eigenvalue weighted by molar-refractivity contribution is 5.95. The highest BCUT2D eigenvalue weighted by Crippen LogP contribution is 2.55. The van der Waals surface area contributed by atoms with E-state index < -0.39 is 17.0 Å². The number of piperidine rings is 1. The summed E-state index contributed by atoms with van der Waals surface area (Å²) >= 11 is 0. The second-order valence-electron chi connectivity index (χ2n) is 9.66. The second-order valence-corrected chi connectivity index (χ2v) is 9.66. The SMILES string of the molecule is CC1(C2(c3ccccc3)Oc3ccc(C(=O)N4CCC5(CC4)OCCO5)cc3O2)C=CC=CC1. The quantitative estimate of drug-likeness (QED) is 0.659. The van der Waals surface area contributed by atoms with Crippen LogP contribution in [0.2, 0.25) is 0 Å². The van der Waals surface area contributed by atoms with Gasteiger partial charge in [0.2, 0.25) is 0 Å². The zero-order chi connectivity index (χ0) is 23.2. The Labute approximate surface area is 199 Å². The van der Waals surface area contributed by atoms with Gasteiger partial charge in [-0.1, -0.05) is 54.6 Å². The van der Waals surface area contributed by atoms with E-state index in [-0.39, 0.29) is 5.91 Å². The first-order valence-electron chi connectivity index (χ1n) is 12.0. The van der Waals surface area contributed by atoms with Crippen molar-refractivity contribution >= 4 is 5.91 Å². The first-order valence-corrected chi connectivity index (χ1v) is 12.0. The maximum atomic E-state index is 13.3. The lowest BCUT2D eigenvalue weighted by atomic mass is 9.73. The van der Waals surface area contributed by atoms with Gasteiger partial charge in [-0.2, -0.15) is 0 Å². The second kappa shape index (κ2) is 8.00. The predicted octanol–water partition coefficient (Wildman–Crippen LogP) is 4.81. The average Bonchev–Trinajstić information content (AvgIpc) is 3.50. The standard InChI is InChI=1S/C28H29NO5/c1-26(12-6-3-7-13-26)28(22-8-4-2-5-9-22)33-23-11-10-21(20-24(23)34-28)25(30)29-16-14-27(15-17-29)31-18-19-32-27/h2-12,20H,13-19H2,1H3. The Morgan fingerprint density at radius 1 is 0.912 bits per heavy atom. The summed E-state index contributed by atoms with van der Waals surface area (Å²) in [6, 6.07) is 15.5. The Balaban J connectivity index is 1.28. The number of allylic oxidation sites excluding steroid dienone is 3. The number of hydrogen-bond donors (Lipinski definition) is 0. The van der Waals surface area contributed by atoms with Crippen LogP contribution >= 0.6 is 0 Å². The number of rotatable bonds is 3. The molecule has 2 aromatic carbocycles. The van der Waals surface area contributed by atoms with Crippen molar-refractivity contribution in [2.45, 2.75) is 37.8 Å². The first kappa shape index (κ1) is 21.4. The molecule has 6 nitrogen and oxygen atoms in total. The summed E-state index contributed by atoms with van der Waals surface area (Å²) in [5.74, 6) is -0.292. The first-order chi connectivity index (χ1) is 16.5. The highest BCUT2D eigenvalue weighted by Gasteiger charge is 2.56. The van der Waals surface area contributed by atoms with Crippen molar-refractivity contribution in [3.8, 4) is 11.5 Å². The maximum absolute atomic E-state index is 13.3. The summed E-state index contributed by atoms with van der Waals surface area (Å²) < 4.78 is 24.9. The fraction of sp³-hybridized carbons (Fsp3) is 0.393. The monoisotopic (exact) mass is 459 g/mol. The molecular formula is C28H29NO5. The van der Waals surface area contributed by atoms with Crippen LogP contribution in [0.1, 0.15) is 42.1 Å². The summed E-state index contributed by atoms with van der Waals surface area (Å²) in [5, 5.41) is 0. The Morgan fingerprint density at radius 3 is 2.35 bits per heavy atom. The molecule has 0 aromatic heterocycles. The molecule has 6 rings (SSSR count). The van der Waals surface area contributed by atoms with Crippen LogP contribution in [0.25, 0.3) is 0 Å². The molecule has 176 valence electrons. The fourth-order valence-electron chi connectivity index (χ4n) is 5.46. The van der Waals surface area contributed by atoms with E-state index >= 15 is 0 Å². The van der Waals surface area contributed by atoms with Crippen LogP contribution in [0, 0.1) is 5.41 Å². The van der Waals surface area contributed by atoms with Gasteiger partial charge < -0.3 is 23.8 Å². The molecule has 34 heavy (non-hydrogen) atoms. The van der Waals surface area contributed by atoms with E-state index in [4.69, 9.17) is 18.9 Å². The molecule has 0 bridgehead atoms. The van der Waals surface area contributed by atoms with Gasteiger partial charge in [0.1, 0.15) is 0 Å². The minimum atomic E-state index is -1.02. The van der Waals surface area contributed by atoms with E-state index in [9.17, 15) is 4.79 Å². The molecule has 3 aliphatic heterocycles. The van der Waals surface area contributed by atoms with Crippen LogP contribution in [-0.4, -0.2) is 42.9 Å². The Bertz CT molecular complexity index is 1140. The normalized spacial score (nSPS) is 29.0. The summed E-state index contributed by atoms with van der Waals surface area (Å²) in [6.45, 7) is 4.62. The van der Waals surface area contributed by atoms with Crippen molar-refractivity contribution in [2.24, 2.45) is 5.41 Å². The Morgan fingerprint density at radius 2 is 1.65 bits per heavy atom. The van der Waals surface area contributed by atoms with Gasteiger partial charge in [-0.25, -0.2) is 0 Å². The van der Waals surface area contributed by atoms with Gasteiger partial charge in [0.15, 0.2) is 17.3 Å². The van der Waals surface area contributed by atoms with E-state index in [2.05, 4.69) is 19.1 Å². The largest absolute Gasteiger partial charge is 0.443 e. The number of ether oxygens (including phenoxy) is 4. The minimum absolute atomic E-state index is 0.0110. The molecule has 4 aliphatic rings. The van der Waals surface area contributed by atoms with Crippen molar-refractivity contribution < 1.29 is 23.7 Å². The van der Waals surface area contributed by atoms with Crippen molar-refractivity contribution in [2.75, 3.05) is 26.3 Å². The molecule has 1 spiro atoms. The molecule has 1 aliphatic carbocycles. The molecule has 0 radical (unpaired) electrons. The summed E-state index contributed by atoms with van der Waals surface area (Å²) in [4.78, 5) is 15.2. The minimum Gasteiger partial charge on any atom is -0.443 e. The predicted molar refractivity (Wildman–Crippen MR) is 127 cm³/mol. The zero-order valence-electron chi connectivity index (χ0n) is 19.4. The van der Waals surface area contributed by atoms with Crippen LogP contribution in [-0.2, 0) is 15.3 Å². The van der Waals surface area contributed by atoms with Gasteiger partial charge in [0.05, 0.1) is 18.6 Å². The van der Waals surface area contributed by atoms with Crippen molar-refractivity contribution in [1.82, 2.24) is 4.90 Å². The Hall–Kier alpha value is -3.09. The van der Waals surface area contributed by atoms with E-state index in [1.165, 1.54) is 0 Å². The lowest BCUT2D eigenvalue weighted by Crippen LogP contribution is -2.50. The smallest absolute Gasteiger partial charge is 0.287 e. The third-order valence-electron chi connectivity index (χ3n) is 7.48. The van der Waals surface area contributed by atoms with Gasteiger partial charge in [-0.05, 0) is 31.5 Å². The van der Waals surface area contributed by atoms with Crippen molar-refractivity contribution in [3.05, 3.63) is 84.0 Å². The molecule has 1 amide bonds. The summed E-state index contributed by atoms with van der Waals surface area (Å²) in [7, 11) is 0. The average molecular weight is 460 g/mol. The lowest BCUT2D eigenvalue weighted by Gasteiger charge is -2.42. The number of fused-ring (bicyclic) bond motifs is 1. The number of nitrogens with zero attached hydrogens (tertiary/aromatic N) is 1. The van der Waals surface area contributed by atoms with E-state index in [0.717, 1.165) is 12.0 Å². The molecule has 2 aromatic rings. The van der Waals surface area contributed by atoms with E-state index in [1.54, 1.807) is 0 Å². The topological polar surface area (TPSA) is 57.2 Å². The number of amides is 1. The van der Waals surface area contributed by atoms with Crippen LogP contribution in [0.3, 0.4) is 0 Å². The molecule has 0 N–H and O–H groups in total. The van der Waals surface area contributed by atoms with Crippen molar-refractivity contribution in [1.29, 1.82) is 0 Å². The van der Waals surface area contributed by atoms with Gasteiger partial charge in [0, 0.05) is 37.1 Å². The van der Waals surface area contributed by atoms with Crippen LogP contribution < -0.4 is 9.47 Å². The highest BCUT2D eigenvalue weighted by atomic mass is 16.7. The molecule has 0 saturated carbocycles. The maximum Gasteiger partial charge on any atom is 0.287 e. The number of benzene rings is 2. The lowest BCUT2D eigenvalue weighted by molar-refractivity contribution is -0.181. The zero-order valence-corrected chi connectivity index (χ0v) is 19.4. The van der Waals surface area contributed by atoms with Gasteiger partial charge in [-0.15, -0.1) is 0 Å². The number of carbonyl (C=O) groups excluding carboxylic acids is 1. The molecule has 2 atom stereocenters. The van der Waals surface area contributed by atoms with Crippen LogP contribution in [0.15, 0.2) is 72.8 Å². The third kappa shape index (κ3) is 3.36. The number of carbonyl (C=O) groups is 1. The number of likely N-dealkylation sites (tertiary alicyclic amines) is 1. The molecule has 2 saturated heterocycles. The van der Waals surface area contributed by atoms with Crippen LogP contribution in [0.5, 0.6) is 11.5 Å². The van der Waals surface area contributed by atoms with E-state index in [0.29, 0.717) is 56.2 Å². The van der Waals surface area contributed by atoms with Crippen molar-refractivity contribution in [3.63, 3.8) is 0 Å². The fourth-order valence-corrected chi connectivity index (χ4v) is 5.46. The summed E-state index contributed by atoms with van der Waals surface area (Å²) in [6.07, 6.45) is 10.5. The summed E-state index contributed by atoms with van der Waals surface area (Å²) in [5.41, 5.74) is 1.12. The molecule has 2 fully saturated rings. The molecule has 3 heterocycles.